The predicted molar refractivity (Wildman–Crippen MR) is 187 cm³/mol. The van der Waals surface area contributed by atoms with Crippen molar-refractivity contribution < 1.29 is 59.6 Å². The Labute approximate surface area is 290 Å². The third-order valence-corrected chi connectivity index (χ3v) is 16.0. The fourth-order valence-corrected chi connectivity index (χ4v) is 11.4. The van der Waals surface area contributed by atoms with Gasteiger partial charge >= 0.3 is 0 Å². The van der Waals surface area contributed by atoms with Crippen LogP contribution in [0.25, 0.3) is 32.3 Å². The van der Waals surface area contributed by atoms with Gasteiger partial charge in [0.15, 0.2) is 0 Å². The Balaban J connectivity index is 2.14. The van der Waals surface area contributed by atoms with Crippen LogP contribution in [0.5, 0.6) is 0 Å². The molecule has 0 atom stereocenters. The van der Waals surface area contributed by atoms with E-state index in [0.29, 0.717) is 8.61 Å². The zero-order valence-electron chi connectivity index (χ0n) is 26.9. The molecule has 0 radical (unpaired) electrons. The lowest BCUT2D eigenvalue weighted by Gasteiger charge is -2.24. The molecule has 50 heavy (non-hydrogen) atoms. The Morgan fingerprint density at radius 2 is 0.820 bits per heavy atom. The maximum atomic E-state index is 14.0. The van der Waals surface area contributed by atoms with Crippen molar-refractivity contribution in [3.63, 3.8) is 0 Å². The molecule has 0 aromatic heterocycles. The van der Waals surface area contributed by atoms with Crippen molar-refractivity contribution in [3.8, 4) is 0 Å². The normalized spacial score (nSPS) is 14.3. The monoisotopic (exact) mass is 818 g/mol. The van der Waals surface area contributed by atoms with Gasteiger partial charge in [-0.1, -0.05) is 24.3 Å². The van der Waals surface area contributed by atoms with Crippen molar-refractivity contribution in [2.45, 2.75) is 14.7 Å². The quantitative estimate of drug-likeness (QED) is 0.0799. The highest BCUT2D eigenvalue weighted by Crippen LogP contribution is 2.45. The van der Waals surface area contributed by atoms with Gasteiger partial charge in [-0.15, -0.1) is 0 Å². The van der Waals surface area contributed by atoms with Crippen molar-refractivity contribution >= 4 is 98.1 Å². The second-order valence-electron chi connectivity index (χ2n) is 11.6. The molecule has 0 saturated heterocycles. The van der Waals surface area contributed by atoms with Crippen molar-refractivity contribution in [3.05, 3.63) is 36.4 Å². The topological polar surface area (TPSA) is 281 Å². The molecule has 0 aliphatic carbocycles. The van der Waals surface area contributed by atoms with Crippen molar-refractivity contribution in [1.82, 2.24) is 12.9 Å². The first-order valence-corrected chi connectivity index (χ1v) is 23.7. The number of nitrogen functional groups attached to an aromatic ring is 1. The van der Waals surface area contributed by atoms with Crippen LogP contribution in [0.3, 0.4) is 0 Å². The highest BCUT2D eigenvalue weighted by molar-refractivity contribution is 7.91. The van der Waals surface area contributed by atoms with E-state index in [9.17, 15) is 59.6 Å². The molecule has 0 heterocycles. The minimum Gasteiger partial charge on any atom is -0.398 e. The van der Waals surface area contributed by atoms with Gasteiger partial charge in [0.2, 0.25) is 30.1 Å². The summed E-state index contributed by atoms with van der Waals surface area (Å²) in [7, 11) is -23.8. The van der Waals surface area contributed by atoms with Crippen molar-refractivity contribution in [1.29, 1.82) is 0 Å². The van der Waals surface area contributed by atoms with Gasteiger partial charge in [-0.2, -0.15) is 29.8 Å². The van der Waals surface area contributed by atoms with Gasteiger partial charge in [0.1, 0.15) is 9.84 Å². The van der Waals surface area contributed by atoms with E-state index in [1.54, 1.807) is 0 Å². The number of benzene rings is 4. The van der Waals surface area contributed by atoms with Crippen LogP contribution < -0.4 is 5.73 Å². The Bertz CT molecular complexity index is 2590. The molecule has 24 heteroatoms. The van der Waals surface area contributed by atoms with Crippen LogP contribution in [0.15, 0.2) is 51.1 Å². The minimum absolute atomic E-state index is 0.0183. The lowest BCUT2D eigenvalue weighted by molar-refractivity contribution is 0.457. The number of rotatable bonds is 15. The largest absolute Gasteiger partial charge is 0.398 e. The molecule has 4 rings (SSSR count). The number of anilines is 1. The summed E-state index contributed by atoms with van der Waals surface area (Å²) in [6.07, 6.45) is 0.930. The fraction of sp³-hybridized carbons (Fsp3) is 0.385. The van der Waals surface area contributed by atoms with Crippen molar-refractivity contribution in [2.75, 3.05) is 70.0 Å². The van der Waals surface area contributed by atoms with Gasteiger partial charge in [-0.05, 0) is 12.1 Å². The fourth-order valence-electron chi connectivity index (χ4n) is 5.21. The van der Waals surface area contributed by atoms with Gasteiger partial charge in [0.25, 0.3) is 20.2 Å². The number of nitrogens with two attached hydrogens (primary N) is 1. The SMILES string of the molecule is CN(CCS(C)(=O)=O)S(=O)(=O)c1cc(N)c2ccc3c(S(=O)(=O)N(C)CCS(=O)(=O)O)cc(S(=O)(=O)N(C)CCS(=O)(=O)O)c4ccc1c2c34. The van der Waals surface area contributed by atoms with Gasteiger partial charge in [-0.3, -0.25) is 9.11 Å². The molecule has 0 aliphatic heterocycles. The summed E-state index contributed by atoms with van der Waals surface area (Å²) in [6.45, 7) is -1.94. The lowest BCUT2D eigenvalue weighted by atomic mass is 9.93. The number of hydrogen-bond acceptors (Lipinski definition) is 13. The summed E-state index contributed by atoms with van der Waals surface area (Å²) in [6, 6.07) is 7.10. The van der Waals surface area contributed by atoms with E-state index in [1.807, 2.05) is 0 Å². The molecule has 0 saturated carbocycles. The molecule has 4 N–H and O–H groups in total. The second kappa shape index (κ2) is 13.3. The molecule has 18 nitrogen and oxygen atoms in total. The third kappa shape index (κ3) is 7.99. The Morgan fingerprint density at radius 1 is 0.520 bits per heavy atom. The van der Waals surface area contributed by atoms with E-state index in [0.717, 1.165) is 43.8 Å². The van der Waals surface area contributed by atoms with Crippen LogP contribution in [0.1, 0.15) is 0 Å². The summed E-state index contributed by atoms with van der Waals surface area (Å²) >= 11 is 0. The molecule has 0 unspecified atom stereocenters. The maximum Gasteiger partial charge on any atom is 0.266 e. The number of sulfone groups is 1. The lowest BCUT2D eigenvalue weighted by Crippen LogP contribution is -2.33. The predicted octanol–water partition coefficient (Wildman–Crippen LogP) is -0.152. The number of sulfonamides is 3. The average molecular weight is 819 g/mol. The van der Waals surface area contributed by atoms with Gasteiger partial charge in [-0.25, -0.2) is 33.7 Å². The van der Waals surface area contributed by atoms with E-state index >= 15 is 0 Å². The first kappa shape index (κ1) is 40.0. The van der Waals surface area contributed by atoms with Crippen LogP contribution in [0.4, 0.5) is 5.69 Å². The molecule has 278 valence electrons. The van der Waals surface area contributed by atoms with E-state index in [2.05, 4.69) is 0 Å². The maximum absolute atomic E-state index is 14.0. The Hall–Kier alpha value is -2.78. The molecule has 0 spiro atoms. The smallest absolute Gasteiger partial charge is 0.266 e. The average Bonchev–Trinajstić information content (AvgIpc) is 2.98. The third-order valence-electron chi connectivity index (χ3n) is 7.99. The molecule has 0 bridgehead atoms. The molecule has 0 fully saturated rings. The van der Waals surface area contributed by atoms with E-state index in [-0.39, 0.29) is 38.0 Å². The highest BCUT2D eigenvalue weighted by Gasteiger charge is 2.34. The summed E-state index contributed by atoms with van der Waals surface area (Å²) in [5, 5.41) is -0.172. The van der Waals surface area contributed by atoms with E-state index in [1.165, 1.54) is 24.3 Å². The van der Waals surface area contributed by atoms with E-state index < -0.39 is 112 Å². The van der Waals surface area contributed by atoms with Gasteiger partial charge < -0.3 is 5.73 Å². The Morgan fingerprint density at radius 3 is 1.16 bits per heavy atom. The molecular formula is C26H34N4O14S6. The minimum atomic E-state index is -4.79. The summed E-state index contributed by atoms with van der Waals surface area (Å²) in [5.74, 6) is -2.53. The summed E-state index contributed by atoms with van der Waals surface area (Å²) in [5.41, 5.74) is 6.20. The van der Waals surface area contributed by atoms with E-state index in [4.69, 9.17) is 5.73 Å². The summed E-state index contributed by atoms with van der Waals surface area (Å²) < 4.78 is 173. The summed E-state index contributed by atoms with van der Waals surface area (Å²) in [4.78, 5) is -1.74. The van der Waals surface area contributed by atoms with Crippen LogP contribution in [-0.2, 0) is 60.1 Å². The van der Waals surface area contributed by atoms with Crippen LogP contribution in [0.2, 0.25) is 0 Å². The number of hydrogen-bond donors (Lipinski definition) is 3. The zero-order valence-corrected chi connectivity index (χ0v) is 31.8. The van der Waals surface area contributed by atoms with Gasteiger partial charge in [0, 0.05) is 85.0 Å². The second-order valence-corrected chi connectivity index (χ2v) is 23.0. The van der Waals surface area contributed by atoms with Crippen LogP contribution in [-0.4, -0.2) is 137 Å². The van der Waals surface area contributed by atoms with Crippen LogP contribution in [0, 0.1) is 0 Å². The molecule has 4 aromatic rings. The molecular weight excluding hydrogens is 785 g/mol. The molecule has 4 aromatic carbocycles. The van der Waals surface area contributed by atoms with Gasteiger partial charge in [0.05, 0.1) is 31.9 Å². The van der Waals surface area contributed by atoms with Crippen LogP contribution >= 0.6 is 0 Å². The number of nitrogens with zero attached hydrogens (tertiary/aromatic N) is 3. The highest BCUT2D eigenvalue weighted by atomic mass is 32.2. The van der Waals surface area contributed by atoms with Crippen molar-refractivity contribution in [2.24, 2.45) is 0 Å². The first-order chi connectivity index (χ1) is 22.6. The Kier molecular flexibility index (Phi) is 10.7. The first-order valence-electron chi connectivity index (χ1n) is 14.1. The standard InChI is InChI=1S/C26H34N4O14S6/c1-28(9-12-45(4,31)32)48(39,40)22-15-21(27)17-5-6-19-23(49(41,42)29(2)10-13-46(33,34)35)16-24(20-8-7-18(22)25(17)26(19)20)50(43,44)30(3)11-14-47(36,37)38/h5-8,15-16H,9-14,27H2,1-4H3,(H,33,34,35)(H,36,37,38). The zero-order chi connectivity index (χ0) is 38.0. The molecule has 0 amide bonds. The molecule has 0 aliphatic rings.